The van der Waals surface area contributed by atoms with E-state index >= 15 is 0 Å². The second-order valence-electron chi connectivity index (χ2n) is 2.92. The number of halogens is 1. The third-order valence-electron chi connectivity index (χ3n) is 1.99. The number of nitrogens with zero attached hydrogens (tertiary/aromatic N) is 2. The van der Waals surface area contributed by atoms with E-state index in [0.29, 0.717) is 6.29 Å². The van der Waals surface area contributed by atoms with Gasteiger partial charge in [-0.25, -0.2) is 9.97 Å². The molecule has 4 heteroatoms. The molecule has 0 saturated heterocycles. The van der Waals surface area contributed by atoms with Crippen LogP contribution in [-0.4, -0.2) is 16.3 Å². The molecule has 0 aliphatic rings. The predicted molar refractivity (Wildman–Crippen MR) is 57.4 cm³/mol. The quantitative estimate of drug-likeness (QED) is 0.731. The van der Waals surface area contributed by atoms with E-state index in [0.717, 1.165) is 21.1 Å². The molecule has 0 aliphatic heterocycles. The lowest BCUT2D eigenvalue weighted by Crippen LogP contribution is -1.96. The van der Waals surface area contributed by atoms with Gasteiger partial charge < -0.3 is 0 Å². The molecule has 0 amide bonds. The van der Waals surface area contributed by atoms with Gasteiger partial charge in [0.15, 0.2) is 12.1 Å². The summed E-state index contributed by atoms with van der Waals surface area (Å²) in [6.07, 6.45) is 0.659. The molecule has 1 aromatic heterocycles. The lowest BCUT2D eigenvalue weighted by Gasteiger charge is -2.02. The van der Waals surface area contributed by atoms with Crippen LogP contribution < -0.4 is 0 Å². The summed E-state index contributed by atoms with van der Waals surface area (Å²) in [5.74, 6) is 0.224. The van der Waals surface area contributed by atoms with Gasteiger partial charge in [0, 0.05) is 15.6 Å². The maximum atomic E-state index is 10.6. The van der Waals surface area contributed by atoms with E-state index in [2.05, 4.69) is 25.9 Å². The van der Waals surface area contributed by atoms with Crippen LogP contribution in [0.2, 0.25) is 0 Å². The number of aromatic nitrogens is 2. The highest BCUT2D eigenvalue weighted by Gasteiger charge is 2.05. The molecular formula is C10H7BrN2O. The van der Waals surface area contributed by atoms with Crippen LogP contribution in [-0.2, 0) is 0 Å². The zero-order valence-electron chi connectivity index (χ0n) is 7.49. The normalized spacial score (nSPS) is 10.4. The standard InChI is InChI=1S/C10H7BrN2O/c1-6-7-3-2-4-8(11)10(7)13-9(5-14)12-6/h2-5H,1H3. The summed E-state index contributed by atoms with van der Waals surface area (Å²) in [5, 5.41) is 0.963. The zero-order chi connectivity index (χ0) is 10.1. The molecule has 0 radical (unpaired) electrons. The Labute approximate surface area is 89.3 Å². The van der Waals surface area contributed by atoms with Gasteiger partial charge in [0.1, 0.15) is 0 Å². The van der Waals surface area contributed by atoms with Crippen LogP contribution in [0.3, 0.4) is 0 Å². The number of carbonyl (C=O) groups is 1. The topological polar surface area (TPSA) is 42.9 Å². The van der Waals surface area contributed by atoms with Gasteiger partial charge in [-0.2, -0.15) is 0 Å². The summed E-state index contributed by atoms with van der Waals surface area (Å²) in [5.41, 5.74) is 1.60. The van der Waals surface area contributed by atoms with Crippen molar-refractivity contribution in [1.29, 1.82) is 0 Å². The molecule has 0 saturated carbocycles. The van der Waals surface area contributed by atoms with Crippen LogP contribution in [0.15, 0.2) is 22.7 Å². The predicted octanol–water partition coefficient (Wildman–Crippen LogP) is 2.51. The fraction of sp³-hybridized carbons (Fsp3) is 0.100. The smallest absolute Gasteiger partial charge is 0.193 e. The average Bonchev–Trinajstić information content (AvgIpc) is 2.19. The number of carbonyl (C=O) groups excluding carboxylic acids is 1. The summed E-state index contributed by atoms with van der Waals surface area (Å²) in [6, 6.07) is 5.75. The van der Waals surface area contributed by atoms with Crippen molar-refractivity contribution in [2.75, 3.05) is 0 Å². The molecule has 0 spiro atoms. The van der Waals surface area contributed by atoms with Crippen LogP contribution in [0.4, 0.5) is 0 Å². The third kappa shape index (κ3) is 1.42. The van der Waals surface area contributed by atoms with Crippen molar-refractivity contribution >= 4 is 33.1 Å². The Hall–Kier alpha value is -1.29. The summed E-state index contributed by atoms with van der Waals surface area (Å²) < 4.78 is 0.878. The lowest BCUT2D eigenvalue weighted by atomic mass is 10.2. The highest BCUT2D eigenvalue weighted by Crippen LogP contribution is 2.23. The van der Waals surface area contributed by atoms with Crippen LogP contribution in [0.1, 0.15) is 16.3 Å². The van der Waals surface area contributed by atoms with Gasteiger partial charge in [-0.3, -0.25) is 4.79 Å². The van der Waals surface area contributed by atoms with E-state index in [-0.39, 0.29) is 5.82 Å². The Balaban J connectivity index is 2.90. The number of aldehydes is 1. The summed E-state index contributed by atoms with van der Waals surface area (Å²) in [4.78, 5) is 18.8. The number of benzene rings is 1. The first-order chi connectivity index (χ1) is 6.72. The summed E-state index contributed by atoms with van der Waals surface area (Å²) >= 11 is 3.39. The van der Waals surface area contributed by atoms with Crippen molar-refractivity contribution in [3.05, 3.63) is 34.2 Å². The molecule has 14 heavy (non-hydrogen) atoms. The van der Waals surface area contributed by atoms with E-state index in [9.17, 15) is 4.79 Å². The molecular weight excluding hydrogens is 244 g/mol. The van der Waals surface area contributed by atoms with E-state index in [1.807, 2.05) is 25.1 Å². The Morgan fingerprint density at radius 1 is 1.36 bits per heavy atom. The van der Waals surface area contributed by atoms with E-state index in [1.54, 1.807) is 0 Å². The Morgan fingerprint density at radius 2 is 2.14 bits per heavy atom. The van der Waals surface area contributed by atoms with Crippen molar-refractivity contribution in [2.45, 2.75) is 6.92 Å². The fourth-order valence-corrected chi connectivity index (χ4v) is 1.80. The minimum atomic E-state index is 0.224. The van der Waals surface area contributed by atoms with E-state index in [1.165, 1.54) is 0 Å². The van der Waals surface area contributed by atoms with Crippen LogP contribution in [0.25, 0.3) is 10.9 Å². The van der Waals surface area contributed by atoms with Crippen LogP contribution in [0, 0.1) is 6.92 Å². The van der Waals surface area contributed by atoms with Gasteiger partial charge in [0.25, 0.3) is 0 Å². The van der Waals surface area contributed by atoms with Gasteiger partial charge in [-0.1, -0.05) is 12.1 Å². The van der Waals surface area contributed by atoms with Gasteiger partial charge in [-0.15, -0.1) is 0 Å². The molecule has 0 N–H and O–H groups in total. The highest BCUT2D eigenvalue weighted by molar-refractivity contribution is 9.10. The monoisotopic (exact) mass is 250 g/mol. The number of fused-ring (bicyclic) bond motifs is 1. The maximum absolute atomic E-state index is 10.6. The number of para-hydroxylation sites is 1. The SMILES string of the molecule is Cc1nc(C=O)nc2c(Br)cccc12. The maximum Gasteiger partial charge on any atom is 0.193 e. The highest BCUT2D eigenvalue weighted by atomic mass is 79.9. The van der Waals surface area contributed by atoms with Gasteiger partial charge in [-0.05, 0) is 28.9 Å². The first kappa shape index (κ1) is 9.27. The van der Waals surface area contributed by atoms with E-state index < -0.39 is 0 Å². The minimum absolute atomic E-state index is 0.224. The molecule has 70 valence electrons. The fourth-order valence-electron chi connectivity index (χ4n) is 1.35. The molecule has 0 fully saturated rings. The molecule has 3 nitrogen and oxygen atoms in total. The Morgan fingerprint density at radius 3 is 2.86 bits per heavy atom. The molecule has 0 unspecified atom stereocenters. The molecule has 1 aromatic carbocycles. The van der Waals surface area contributed by atoms with Crippen molar-refractivity contribution in [2.24, 2.45) is 0 Å². The molecule has 1 heterocycles. The molecule has 0 bridgehead atoms. The molecule has 0 aliphatic carbocycles. The molecule has 2 rings (SSSR count). The summed E-state index contributed by atoms with van der Waals surface area (Å²) in [7, 11) is 0. The van der Waals surface area contributed by atoms with Crippen molar-refractivity contribution in [1.82, 2.24) is 9.97 Å². The van der Waals surface area contributed by atoms with E-state index in [4.69, 9.17) is 0 Å². The third-order valence-corrected chi connectivity index (χ3v) is 2.63. The van der Waals surface area contributed by atoms with Gasteiger partial charge >= 0.3 is 0 Å². The first-order valence-electron chi connectivity index (χ1n) is 4.10. The minimum Gasteiger partial charge on any atom is -0.294 e. The van der Waals surface area contributed by atoms with Gasteiger partial charge in [0.05, 0.1) is 5.52 Å². The zero-order valence-corrected chi connectivity index (χ0v) is 9.08. The number of rotatable bonds is 1. The molecule has 2 aromatic rings. The lowest BCUT2D eigenvalue weighted by molar-refractivity contribution is 0.111. The second-order valence-corrected chi connectivity index (χ2v) is 3.78. The number of aryl methyl sites for hydroxylation is 1. The average molecular weight is 251 g/mol. The number of hydrogen-bond donors (Lipinski definition) is 0. The van der Waals surface area contributed by atoms with Gasteiger partial charge in [0.2, 0.25) is 0 Å². The van der Waals surface area contributed by atoms with Crippen molar-refractivity contribution < 1.29 is 4.79 Å². The summed E-state index contributed by atoms with van der Waals surface area (Å²) in [6.45, 7) is 1.86. The Bertz CT molecular complexity index is 511. The largest absolute Gasteiger partial charge is 0.294 e. The van der Waals surface area contributed by atoms with Crippen molar-refractivity contribution in [3.63, 3.8) is 0 Å². The van der Waals surface area contributed by atoms with Crippen molar-refractivity contribution in [3.8, 4) is 0 Å². The number of hydrogen-bond acceptors (Lipinski definition) is 3. The van der Waals surface area contributed by atoms with Crippen LogP contribution in [0.5, 0.6) is 0 Å². The Kier molecular flexibility index (Phi) is 2.29. The first-order valence-corrected chi connectivity index (χ1v) is 4.89. The molecule has 0 atom stereocenters. The second kappa shape index (κ2) is 3.46. The van der Waals surface area contributed by atoms with Crippen LogP contribution >= 0.6 is 15.9 Å².